The lowest BCUT2D eigenvalue weighted by atomic mass is 9.95. The van der Waals surface area contributed by atoms with Gasteiger partial charge in [-0.05, 0) is 54.6 Å². The maximum Gasteiger partial charge on any atom is 0.193 e. The summed E-state index contributed by atoms with van der Waals surface area (Å²) < 4.78 is 11.7. The van der Waals surface area contributed by atoms with Gasteiger partial charge in [0.1, 0.15) is 23.4 Å². The van der Waals surface area contributed by atoms with Gasteiger partial charge in [-0.1, -0.05) is 72.8 Å². The van der Waals surface area contributed by atoms with Crippen molar-refractivity contribution in [2.45, 2.75) is 12.5 Å². The molecular weight excluding hydrogens is 448 g/mol. The van der Waals surface area contributed by atoms with E-state index in [9.17, 15) is 9.59 Å². The Morgan fingerprint density at radius 1 is 0.583 bits per heavy atom. The van der Waals surface area contributed by atoms with E-state index in [2.05, 4.69) is 0 Å². The Balaban J connectivity index is 1.20. The summed E-state index contributed by atoms with van der Waals surface area (Å²) in [4.78, 5) is 25.9. The Hall–Kier alpha value is -4.70. The van der Waals surface area contributed by atoms with Gasteiger partial charge in [0.15, 0.2) is 11.6 Å². The van der Waals surface area contributed by atoms with Gasteiger partial charge in [-0.2, -0.15) is 0 Å². The summed E-state index contributed by atoms with van der Waals surface area (Å²) >= 11 is 0. The van der Waals surface area contributed by atoms with Crippen LogP contribution in [-0.2, 0) is 0 Å². The van der Waals surface area contributed by atoms with E-state index in [1.165, 1.54) is 0 Å². The van der Waals surface area contributed by atoms with Gasteiger partial charge in [0.25, 0.3) is 0 Å². The zero-order valence-corrected chi connectivity index (χ0v) is 19.5. The molecule has 0 bridgehead atoms. The van der Waals surface area contributed by atoms with Crippen molar-refractivity contribution in [3.8, 4) is 17.2 Å². The van der Waals surface area contributed by atoms with Crippen LogP contribution in [0.2, 0.25) is 0 Å². The van der Waals surface area contributed by atoms with E-state index >= 15 is 0 Å². The molecule has 0 aliphatic heterocycles. The van der Waals surface area contributed by atoms with Crippen LogP contribution in [0.25, 0.3) is 0 Å². The van der Waals surface area contributed by atoms with E-state index in [4.69, 9.17) is 9.47 Å². The topological polar surface area (TPSA) is 52.6 Å². The van der Waals surface area contributed by atoms with Gasteiger partial charge in [-0.15, -0.1) is 0 Å². The number of ether oxygens (including phenoxy) is 2. The molecule has 0 heterocycles. The predicted molar refractivity (Wildman–Crippen MR) is 140 cm³/mol. The number of rotatable bonds is 8. The van der Waals surface area contributed by atoms with Gasteiger partial charge in [0.05, 0.1) is 0 Å². The molecule has 5 rings (SSSR count). The molecule has 0 aromatic heterocycles. The minimum atomic E-state index is -0.113. The van der Waals surface area contributed by atoms with Crippen molar-refractivity contribution in [2.24, 2.45) is 0 Å². The number of allylic oxidation sites excluding steroid dienone is 2. The summed E-state index contributed by atoms with van der Waals surface area (Å²) in [6.45, 7) is 0. The number of carbonyl (C=O) groups excluding carboxylic acids is 2. The normalized spacial score (nSPS) is 14.6. The van der Waals surface area contributed by atoms with Gasteiger partial charge in [-0.3, -0.25) is 9.59 Å². The molecule has 4 heteroatoms. The van der Waals surface area contributed by atoms with Crippen LogP contribution in [0.3, 0.4) is 0 Å². The first-order valence-electron chi connectivity index (χ1n) is 11.8. The average molecular weight is 473 g/mol. The molecular formula is C32H24O4. The molecule has 4 aromatic rings. The summed E-state index contributed by atoms with van der Waals surface area (Å²) in [7, 11) is 0. The van der Waals surface area contributed by atoms with E-state index in [1.807, 2.05) is 72.8 Å². The van der Waals surface area contributed by atoms with E-state index < -0.39 is 0 Å². The zero-order chi connectivity index (χ0) is 24.7. The number of hydrogen-bond acceptors (Lipinski definition) is 4. The number of hydrogen-bond donors (Lipinski definition) is 0. The fraction of sp³-hybridized carbons (Fsp3) is 0.0625. The fourth-order valence-corrected chi connectivity index (χ4v) is 3.94. The lowest BCUT2D eigenvalue weighted by molar-refractivity contribution is 0.102. The van der Waals surface area contributed by atoms with Gasteiger partial charge >= 0.3 is 0 Å². The number of para-hydroxylation sites is 2. The van der Waals surface area contributed by atoms with Gasteiger partial charge in [0, 0.05) is 28.7 Å². The molecule has 1 aliphatic rings. The Morgan fingerprint density at radius 3 is 1.64 bits per heavy atom. The molecule has 0 N–H and O–H groups in total. The molecule has 1 atom stereocenters. The molecule has 1 unspecified atom stereocenters. The van der Waals surface area contributed by atoms with Crippen LogP contribution in [0.15, 0.2) is 133 Å². The minimum Gasteiger partial charge on any atom is -0.486 e. The van der Waals surface area contributed by atoms with Crippen molar-refractivity contribution in [2.75, 3.05) is 0 Å². The first-order valence-corrected chi connectivity index (χ1v) is 11.8. The maximum atomic E-state index is 12.9. The van der Waals surface area contributed by atoms with Crippen molar-refractivity contribution in [3.05, 3.63) is 150 Å². The number of Topliss-reactive ketones (excluding diaryl/α,β-unsaturated/α-hetero) is 1. The van der Waals surface area contributed by atoms with Crippen LogP contribution < -0.4 is 9.47 Å². The smallest absolute Gasteiger partial charge is 0.193 e. The Labute approximate surface area is 210 Å². The highest BCUT2D eigenvalue weighted by molar-refractivity contribution is 6.12. The van der Waals surface area contributed by atoms with Crippen molar-refractivity contribution < 1.29 is 19.1 Å². The van der Waals surface area contributed by atoms with Gasteiger partial charge in [-0.25, -0.2) is 0 Å². The van der Waals surface area contributed by atoms with E-state index in [0.29, 0.717) is 34.4 Å². The van der Waals surface area contributed by atoms with E-state index in [0.717, 1.165) is 11.5 Å². The van der Waals surface area contributed by atoms with Crippen molar-refractivity contribution in [1.29, 1.82) is 0 Å². The third kappa shape index (κ3) is 5.50. The summed E-state index contributed by atoms with van der Waals surface area (Å²) in [5.41, 5.74) is 2.23. The fourth-order valence-electron chi connectivity index (χ4n) is 3.94. The number of ketones is 2. The second-order valence-electron chi connectivity index (χ2n) is 8.40. The molecule has 0 saturated carbocycles. The first kappa shape index (κ1) is 23.1. The molecule has 0 amide bonds. The Kier molecular flexibility index (Phi) is 6.86. The third-order valence-corrected chi connectivity index (χ3v) is 5.86. The predicted octanol–water partition coefficient (Wildman–Crippen LogP) is 7.23. The van der Waals surface area contributed by atoms with Crippen LogP contribution in [0.5, 0.6) is 17.2 Å². The zero-order valence-electron chi connectivity index (χ0n) is 19.5. The average Bonchev–Trinajstić information content (AvgIpc) is 2.94. The lowest BCUT2D eigenvalue weighted by Crippen LogP contribution is -2.16. The standard InChI is InChI=1S/C32H24O4/c33-31(25-15-19-29(20-16-25)35-27-7-3-1-4-8-27)23-11-13-24(14-12-23)32(34)26-17-21-30(22-18-26)36-28-9-5-2-6-10-28/h1-21,30H,22H2. The molecule has 36 heavy (non-hydrogen) atoms. The van der Waals surface area contributed by atoms with Gasteiger partial charge < -0.3 is 9.47 Å². The quantitative estimate of drug-likeness (QED) is 0.254. The summed E-state index contributed by atoms with van der Waals surface area (Å²) in [6.07, 6.45) is 6.12. The van der Waals surface area contributed by atoms with Crippen molar-refractivity contribution in [1.82, 2.24) is 0 Å². The molecule has 176 valence electrons. The highest BCUT2D eigenvalue weighted by Gasteiger charge is 2.17. The van der Waals surface area contributed by atoms with Crippen LogP contribution in [0.1, 0.15) is 32.7 Å². The summed E-state index contributed by atoms with van der Waals surface area (Å²) in [6, 6.07) is 32.9. The maximum absolute atomic E-state index is 12.9. The van der Waals surface area contributed by atoms with Crippen LogP contribution in [-0.4, -0.2) is 17.7 Å². The molecule has 0 saturated heterocycles. The monoisotopic (exact) mass is 472 g/mol. The van der Waals surface area contributed by atoms with Crippen molar-refractivity contribution in [3.63, 3.8) is 0 Å². The first-order chi connectivity index (χ1) is 17.7. The molecule has 0 fully saturated rings. The van der Waals surface area contributed by atoms with Gasteiger partial charge in [0.2, 0.25) is 0 Å². The third-order valence-electron chi connectivity index (χ3n) is 5.86. The van der Waals surface area contributed by atoms with E-state index in [1.54, 1.807) is 54.6 Å². The molecule has 0 spiro atoms. The van der Waals surface area contributed by atoms with Crippen molar-refractivity contribution >= 4 is 11.6 Å². The van der Waals surface area contributed by atoms with Crippen LogP contribution in [0.4, 0.5) is 0 Å². The lowest BCUT2D eigenvalue weighted by Gasteiger charge is -2.18. The summed E-state index contributed by atoms with van der Waals surface area (Å²) in [5.74, 6) is 2.00. The molecule has 4 aromatic carbocycles. The molecule has 4 nitrogen and oxygen atoms in total. The number of benzene rings is 4. The van der Waals surface area contributed by atoms with E-state index in [-0.39, 0.29) is 17.7 Å². The summed E-state index contributed by atoms with van der Waals surface area (Å²) in [5, 5.41) is 0. The highest BCUT2D eigenvalue weighted by atomic mass is 16.5. The molecule has 1 aliphatic carbocycles. The largest absolute Gasteiger partial charge is 0.486 e. The minimum absolute atomic E-state index is 0.0779. The highest BCUT2D eigenvalue weighted by Crippen LogP contribution is 2.23. The second-order valence-corrected chi connectivity index (χ2v) is 8.40. The number of carbonyl (C=O) groups is 2. The Morgan fingerprint density at radius 2 is 1.08 bits per heavy atom. The SMILES string of the molecule is O=C(C1=CCC(Oc2ccccc2)C=C1)c1ccc(C(=O)c2ccc(Oc3ccccc3)cc2)cc1. The second kappa shape index (κ2) is 10.7. The van der Waals surface area contributed by atoms with Crippen LogP contribution >= 0.6 is 0 Å². The van der Waals surface area contributed by atoms with Crippen LogP contribution in [0, 0.1) is 0 Å². The Bertz CT molecular complexity index is 1400. The molecule has 0 radical (unpaired) electrons.